The van der Waals surface area contributed by atoms with E-state index in [1.165, 1.54) is 6.42 Å². The molecule has 0 radical (unpaired) electrons. The van der Waals surface area contributed by atoms with Gasteiger partial charge < -0.3 is 9.64 Å². The molecule has 1 heterocycles. The van der Waals surface area contributed by atoms with Gasteiger partial charge in [0.15, 0.2) is 0 Å². The quantitative estimate of drug-likeness (QED) is 0.763. The molecule has 1 saturated carbocycles. The maximum Gasteiger partial charge on any atom is 0.310 e. The summed E-state index contributed by atoms with van der Waals surface area (Å²) >= 11 is 0. The Morgan fingerprint density at radius 1 is 1.33 bits per heavy atom. The lowest BCUT2D eigenvalue weighted by molar-refractivity contribution is -0.152. The SMILES string of the molecule is CN1CC2CC(C(=O)OCc3ccccc3)C1C2. The molecule has 0 N–H and O–H groups in total. The van der Waals surface area contributed by atoms with Gasteiger partial charge in [0.05, 0.1) is 5.92 Å². The number of benzene rings is 1. The van der Waals surface area contributed by atoms with Gasteiger partial charge in [0, 0.05) is 12.6 Å². The summed E-state index contributed by atoms with van der Waals surface area (Å²) in [5, 5.41) is 0. The van der Waals surface area contributed by atoms with Crippen molar-refractivity contribution in [2.75, 3.05) is 13.6 Å². The zero-order valence-corrected chi connectivity index (χ0v) is 10.7. The van der Waals surface area contributed by atoms with Gasteiger partial charge in [-0.2, -0.15) is 0 Å². The number of likely N-dealkylation sites (tertiary alicyclic amines) is 1. The molecule has 1 aromatic carbocycles. The Hall–Kier alpha value is -1.35. The van der Waals surface area contributed by atoms with E-state index in [1.807, 2.05) is 30.3 Å². The lowest BCUT2D eigenvalue weighted by Gasteiger charge is -2.28. The Morgan fingerprint density at radius 2 is 2.11 bits per heavy atom. The predicted octanol–water partition coefficient (Wildman–Crippen LogP) is 2.07. The molecule has 3 rings (SSSR count). The first-order valence-corrected chi connectivity index (χ1v) is 6.65. The van der Waals surface area contributed by atoms with Crippen LogP contribution in [0.15, 0.2) is 30.3 Å². The minimum absolute atomic E-state index is 0.0158. The summed E-state index contributed by atoms with van der Waals surface area (Å²) in [6.07, 6.45) is 2.18. The second kappa shape index (κ2) is 4.73. The molecule has 2 aliphatic rings. The highest BCUT2D eigenvalue weighted by Gasteiger charge is 2.47. The summed E-state index contributed by atoms with van der Waals surface area (Å²) in [7, 11) is 2.11. The van der Waals surface area contributed by atoms with Crippen molar-refractivity contribution < 1.29 is 9.53 Å². The smallest absolute Gasteiger partial charge is 0.310 e. The van der Waals surface area contributed by atoms with Crippen LogP contribution in [0.25, 0.3) is 0 Å². The standard InChI is InChI=1S/C15H19NO2/c1-16-9-12-7-13(14(16)8-12)15(17)18-10-11-5-3-2-4-6-11/h2-6,12-14H,7-10H2,1H3. The van der Waals surface area contributed by atoms with Gasteiger partial charge in [-0.25, -0.2) is 0 Å². The van der Waals surface area contributed by atoms with E-state index in [0.717, 1.165) is 18.5 Å². The maximum atomic E-state index is 12.1. The number of fused-ring (bicyclic) bond motifs is 2. The molecule has 2 bridgehead atoms. The molecule has 3 heteroatoms. The van der Waals surface area contributed by atoms with Crippen LogP contribution >= 0.6 is 0 Å². The molecule has 1 aromatic rings. The fourth-order valence-electron chi connectivity index (χ4n) is 3.39. The maximum absolute atomic E-state index is 12.1. The van der Waals surface area contributed by atoms with Crippen molar-refractivity contribution in [2.24, 2.45) is 11.8 Å². The van der Waals surface area contributed by atoms with Crippen molar-refractivity contribution in [3.05, 3.63) is 35.9 Å². The summed E-state index contributed by atoms with van der Waals surface area (Å²) < 4.78 is 5.45. The van der Waals surface area contributed by atoms with E-state index in [0.29, 0.717) is 18.6 Å². The average Bonchev–Trinajstić information content (AvgIpc) is 2.96. The number of carbonyl (C=O) groups is 1. The van der Waals surface area contributed by atoms with E-state index in [2.05, 4.69) is 11.9 Å². The Balaban J connectivity index is 1.56. The number of nitrogens with zero attached hydrogens (tertiary/aromatic N) is 1. The molecule has 3 atom stereocenters. The summed E-state index contributed by atoms with van der Waals surface area (Å²) in [4.78, 5) is 14.4. The van der Waals surface area contributed by atoms with Crippen LogP contribution in [0.3, 0.4) is 0 Å². The number of ether oxygens (including phenoxy) is 1. The van der Waals surface area contributed by atoms with Crippen LogP contribution in [-0.4, -0.2) is 30.5 Å². The van der Waals surface area contributed by atoms with Crippen LogP contribution in [-0.2, 0) is 16.1 Å². The molecule has 0 amide bonds. The van der Waals surface area contributed by atoms with E-state index in [-0.39, 0.29) is 11.9 Å². The fourth-order valence-corrected chi connectivity index (χ4v) is 3.39. The van der Waals surface area contributed by atoms with Crippen LogP contribution in [0, 0.1) is 11.8 Å². The highest BCUT2D eigenvalue weighted by Crippen LogP contribution is 2.41. The highest BCUT2D eigenvalue weighted by molar-refractivity contribution is 5.74. The van der Waals surface area contributed by atoms with Gasteiger partial charge in [0.1, 0.15) is 6.61 Å². The Labute approximate surface area is 108 Å². The van der Waals surface area contributed by atoms with Crippen molar-refractivity contribution in [3.8, 4) is 0 Å². The van der Waals surface area contributed by atoms with E-state index >= 15 is 0 Å². The minimum atomic E-state index is -0.0158. The highest BCUT2D eigenvalue weighted by atomic mass is 16.5. The lowest BCUT2D eigenvalue weighted by atomic mass is 9.99. The van der Waals surface area contributed by atoms with Crippen molar-refractivity contribution >= 4 is 5.97 Å². The van der Waals surface area contributed by atoms with Crippen LogP contribution in [0.2, 0.25) is 0 Å². The first-order valence-electron chi connectivity index (χ1n) is 6.65. The van der Waals surface area contributed by atoms with Crippen LogP contribution in [0.1, 0.15) is 18.4 Å². The number of rotatable bonds is 3. The monoisotopic (exact) mass is 245 g/mol. The fraction of sp³-hybridized carbons (Fsp3) is 0.533. The van der Waals surface area contributed by atoms with Gasteiger partial charge in [-0.15, -0.1) is 0 Å². The second-order valence-corrected chi connectivity index (χ2v) is 5.54. The topological polar surface area (TPSA) is 29.5 Å². The summed E-state index contributed by atoms with van der Waals surface area (Å²) in [6.45, 7) is 1.55. The van der Waals surface area contributed by atoms with Gasteiger partial charge in [-0.3, -0.25) is 4.79 Å². The molecule has 1 aliphatic heterocycles. The molecule has 96 valence electrons. The molecular formula is C15H19NO2. The zero-order valence-electron chi connectivity index (χ0n) is 10.7. The van der Waals surface area contributed by atoms with Crippen molar-refractivity contribution in [1.82, 2.24) is 4.90 Å². The Bertz CT molecular complexity index is 431. The number of hydrogen-bond acceptors (Lipinski definition) is 3. The average molecular weight is 245 g/mol. The number of carbonyl (C=O) groups excluding carboxylic acids is 1. The first-order chi connectivity index (χ1) is 8.74. The van der Waals surface area contributed by atoms with Crippen molar-refractivity contribution in [2.45, 2.75) is 25.5 Å². The molecular weight excluding hydrogens is 226 g/mol. The van der Waals surface area contributed by atoms with E-state index in [4.69, 9.17) is 4.74 Å². The van der Waals surface area contributed by atoms with Crippen LogP contribution < -0.4 is 0 Å². The molecule has 18 heavy (non-hydrogen) atoms. The van der Waals surface area contributed by atoms with E-state index < -0.39 is 0 Å². The molecule has 0 aromatic heterocycles. The Kier molecular flexibility index (Phi) is 3.08. The molecule has 3 unspecified atom stereocenters. The van der Waals surface area contributed by atoms with Crippen molar-refractivity contribution in [1.29, 1.82) is 0 Å². The van der Waals surface area contributed by atoms with Gasteiger partial charge >= 0.3 is 5.97 Å². The number of hydrogen-bond donors (Lipinski definition) is 0. The largest absolute Gasteiger partial charge is 0.461 e. The lowest BCUT2D eigenvalue weighted by Crippen LogP contribution is -2.39. The number of piperidine rings is 1. The van der Waals surface area contributed by atoms with Gasteiger partial charge in [0.2, 0.25) is 0 Å². The summed E-state index contributed by atoms with van der Waals surface area (Å²) in [5.74, 6) is 0.782. The third kappa shape index (κ3) is 2.15. The van der Waals surface area contributed by atoms with Gasteiger partial charge in [-0.05, 0) is 31.4 Å². The van der Waals surface area contributed by atoms with Crippen molar-refractivity contribution in [3.63, 3.8) is 0 Å². The number of esters is 1. The third-order valence-electron chi connectivity index (χ3n) is 4.27. The van der Waals surface area contributed by atoms with Gasteiger partial charge in [0.25, 0.3) is 0 Å². The summed E-state index contributed by atoms with van der Waals surface area (Å²) in [6, 6.07) is 10.3. The van der Waals surface area contributed by atoms with E-state index in [9.17, 15) is 4.79 Å². The molecule has 0 spiro atoms. The zero-order chi connectivity index (χ0) is 12.5. The molecule has 1 aliphatic carbocycles. The minimum Gasteiger partial charge on any atom is -0.461 e. The third-order valence-corrected chi connectivity index (χ3v) is 4.27. The summed E-state index contributed by atoms with van der Waals surface area (Å²) in [5.41, 5.74) is 1.06. The normalized spacial score (nSPS) is 30.6. The molecule has 2 fully saturated rings. The molecule has 1 saturated heterocycles. The first kappa shape index (κ1) is 11.7. The Morgan fingerprint density at radius 3 is 2.78 bits per heavy atom. The van der Waals surface area contributed by atoms with E-state index in [1.54, 1.807) is 0 Å². The second-order valence-electron chi connectivity index (χ2n) is 5.54. The van der Waals surface area contributed by atoms with Crippen LogP contribution in [0.4, 0.5) is 0 Å². The molecule has 3 nitrogen and oxygen atoms in total. The van der Waals surface area contributed by atoms with Crippen LogP contribution in [0.5, 0.6) is 0 Å². The van der Waals surface area contributed by atoms with Gasteiger partial charge in [-0.1, -0.05) is 30.3 Å². The predicted molar refractivity (Wildman–Crippen MR) is 68.9 cm³/mol.